The lowest BCUT2D eigenvalue weighted by molar-refractivity contribution is -0.243. The second kappa shape index (κ2) is 5.00. The molecule has 0 saturated carbocycles. The first-order valence-electron chi connectivity index (χ1n) is 5.71. The number of aliphatic hydroxyl groups is 3. The monoisotopic (exact) mass is 326 g/mol. The predicted molar refractivity (Wildman–Crippen MR) is 73.0 cm³/mol. The molecule has 13 heteroatoms. The van der Waals surface area contributed by atoms with Gasteiger partial charge in [0.15, 0.2) is 5.82 Å². The lowest BCUT2D eigenvalue weighted by Gasteiger charge is -2.37. The fraction of sp³-hybridized carbons (Fsp3) is 0.556. The van der Waals surface area contributed by atoms with Gasteiger partial charge in [0.1, 0.15) is 46.0 Å². The molecule has 0 spiro atoms. The van der Waals surface area contributed by atoms with E-state index in [-0.39, 0.29) is 4.57 Å². The molecule has 0 aromatic carbocycles. The molecule has 7 nitrogen and oxygen atoms in total. The molecule has 1 aromatic rings. The number of nitrogens with zero attached hydrogens (tertiary/aromatic N) is 1. The molecule has 2 rings (SSSR count). The average molecular weight is 326 g/mol. The normalized spacial score (nSPS) is 35.7. The van der Waals surface area contributed by atoms with E-state index < -0.39 is 45.2 Å². The summed E-state index contributed by atoms with van der Waals surface area (Å²) in [5.41, 5.74) is -4.00. The summed E-state index contributed by atoms with van der Waals surface area (Å²) >= 11 is 4.48. The Morgan fingerprint density at radius 2 is 2.00 bits per heavy atom. The Balaban J connectivity index is 2.64. The number of hydrogen-bond donors (Lipinski definition) is 4. The minimum absolute atomic E-state index is 0.207. The highest BCUT2D eigenvalue weighted by Crippen LogP contribution is 2.44. The number of aromatic amines is 1. The highest BCUT2D eigenvalue weighted by molar-refractivity contribution is 7.71. The molecule has 0 unspecified atom stereocenters. The van der Waals surface area contributed by atoms with E-state index in [2.05, 4.69) is 17.0 Å². The molecule has 2 heterocycles. The van der Waals surface area contributed by atoms with Gasteiger partial charge in [0.05, 0.1) is 0 Å². The fourth-order valence-corrected chi connectivity index (χ4v) is 2.15. The molecule has 4 atom stereocenters. The predicted octanol–water partition coefficient (Wildman–Crippen LogP) is -2.78. The smallest absolute Gasteiger partial charge is 0.328 e. The summed E-state index contributed by atoms with van der Waals surface area (Å²) in [6.07, 6.45) is -4.46. The Kier molecular flexibility index (Phi) is 3.94. The zero-order valence-electron chi connectivity index (χ0n) is 10.7. The van der Waals surface area contributed by atoms with Gasteiger partial charge < -0.3 is 20.1 Å². The second-order valence-corrected chi connectivity index (χ2v) is 5.23. The van der Waals surface area contributed by atoms with Gasteiger partial charge in [-0.25, -0.2) is 13.6 Å². The van der Waals surface area contributed by atoms with Crippen molar-refractivity contribution in [2.24, 2.45) is 0 Å². The van der Waals surface area contributed by atoms with Crippen molar-refractivity contribution < 1.29 is 28.8 Å². The van der Waals surface area contributed by atoms with Crippen LogP contribution in [0.25, 0.3) is 0 Å². The molecule has 1 saturated heterocycles. The molecule has 0 bridgehead atoms. The average Bonchev–Trinajstić information content (AvgIpc) is 2.56. The topological polar surface area (TPSA) is 108 Å². The quantitative estimate of drug-likeness (QED) is 0.346. The van der Waals surface area contributed by atoms with Crippen LogP contribution < -0.4 is 5.69 Å². The van der Waals surface area contributed by atoms with Crippen LogP contribution >= 0.6 is 12.2 Å². The number of aromatic nitrogens is 2. The van der Waals surface area contributed by atoms with E-state index in [1.807, 2.05) is 4.98 Å². The minimum atomic E-state index is -3.65. The van der Waals surface area contributed by atoms with Crippen molar-refractivity contribution in [1.29, 1.82) is 0 Å². The van der Waals surface area contributed by atoms with Crippen LogP contribution in [0.5, 0.6) is 0 Å². The number of hydrogen-bond acceptors (Lipinski definition) is 6. The van der Waals surface area contributed by atoms with Gasteiger partial charge in [-0.3, -0.25) is 9.55 Å². The minimum Gasteiger partial charge on any atom is -0.403 e. The first kappa shape index (κ1) is 17.4. The van der Waals surface area contributed by atoms with Crippen molar-refractivity contribution in [2.45, 2.75) is 29.1 Å². The highest BCUT2D eigenvalue weighted by atomic mass is 32.1. The maximum atomic E-state index is 14.5. The third-order valence-corrected chi connectivity index (χ3v) is 3.53. The largest absolute Gasteiger partial charge is 0.403 e. The summed E-state index contributed by atoms with van der Waals surface area (Å²) in [5, 5.41) is 25.6. The van der Waals surface area contributed by atoms with Crippen molar-refractivity contribution in [2.75, 3.05) is 0 Å². The number of ether oxygens (including phenoxy) is 1. The van der Waals surface area contributed by atoms with Crippen LogP contribution in [0.15, 0.2) is 11.0 Å². The maximum absolute atomic E-state index is 14.5. The van der Waals surface area contributed by atoms with Gasteiger partial charge in [0.25, 0.3) is 5.85 Å². The van der Waals surface area contributed by atoms with Crippen LogP contribution in [-0.4, -0.2) is 71.9 Å². The molecule has 1 aromatic heterocycles. The molecular weight excluding hydrogens is 319 g/mol. The van der Waals surface area contributed by atoms with Crippen molar-refractivity contribution in [3.63, 3.8) is 0 Å². The Morgan fingerprint density at radius 3 is 2.45 bits per heavy atom. The Labute approximate surface area is 131 Å². The van der Waals surface area contributed by atoms with Crippen molar-refractivity contribution in [3.05, 3.63) is 27.1 Å². The zero-order valence-corrected chi connectivity index (χ0v) is 11.6. The van der Waals surface area contributed by atoms with Crippen LogP contribution in [-0.2, 0) is 10.4 Å². The molecule has 112 valence electrons. The number of H-pyrrole nitrogens is 1. The van der Waals surface area contributed by atoms with Crippen LogP contribution in [0.4, 0.5) is 8.78 Å². The molecule has 1 fully saturated rings. The number of rotatable bonds is 2. The SMILES string of the molecule is [B]C([B])(O)[C@@]1(F)O[C@@]([B])(n2cc(F)c(=S)[nH]c2=O)[C@H](O)[C@@H]1O. The zero-order chi connectivity index (χ0) is 17.1. The van der Waals surface area contributed by atoms with Gasteiger partial charge in [0, 0.05) is 11.6 Å². The highest BCUT2D eigenvalue weighted by Gasteiger charge is 2.66. The van der Waals surface area contributed by atoms with Gasteiger partial charge >= 0.3 is 5.69 Å². The van der Waals surface area contributed by atoms with Gasteiger partial charge in [-0.1, -0.05) is 12.2 Å². The summed E-state index contributed by atoms with van der Waals surface area (Å²) < 4.78 is 32.2. The summed E-state index contributed by atoms with van der Waals surface area (Å²) in [4.78, 5) is 13.6. The van der Waals surface area contributed by atoms with Crippen molar-refractivity contribution in [1.82, 2.24) is 9.55 Å². The fourth-order valence-electron chi connectivity index (χ4n) is 2.01. The molecule has 1 aliphatic rings. The first-order chi connectivity index (χ1) is 9.84. The van der Waals surface area contributed by atoms with Crippen LogP contribution in [0, 0.1) is 10.5 Å². The van der Waals surface area contributed by atoms with Crippen molar-refractivity contribution >= 4 is 35.8 Å². The van der Waals surface area contributed by atoms with Crippen LogP contribution in [0.1, 0.15) is 0 Å². The van der Waals surface area contributed by atoms with E-state index in [0.29, 0.717) is 6.20 Å². The lowest BCUT2D eigenvalue weighted by atomic mass is 9.59. The molecule has 6 radical (unpaired) electrons. The van der Waals surface area contributed by atoms with E-state index in [4.69, 9.17) is 23.5 Å². The van der Waals surface area contributed by atoms with Crippen LogP contribution in [0.3, 0.4) is 0 Å². The van der Waals surface area contributed by atoms with E-state index in [9.17, 15) is 28.9 Å². The van der Waals surface area contributed by atoms with Crippen LogP contribution in [0.2, 0.25) is 0 Å². The number of halogens is 2. The van der Waals surface area contributed by atoms with E-state index in [1.54, 1.807) is 0 Å². The molecule has 0 amide bonds. The standard InChI is InChI=1S/C9H7B3F2N2O5S/c10-8(16-1-2(13)5(22)15-6(16)19)4(18)3(17)7(14,21-8)9(11,12)20/h1,3-4,17-18,20H,(H,15,19,22)/t3-,4+,7-,8-/m0/s1. The molecule has 4 N–H and O–H groups in total. The van der Waals surface area contributed by atoms with E-state index in [0.717, 1.165) is 0 Å². The van der Waals surface area contributed by atoms with Gasteiger partial charge in [-0.05, 0) is 0 Å². The van der Waals surface area contributed by atoms with Gasteiger partial charge in [-0.15, -0.1) is 0 Å². The Hall–Kier alpha value is -1.01. The number of alkyl halides is 1. The number of aliphatic hydroxyl groups excluding tert-OH is 2. The summed E-state index contributed by atoms with van der Waals surface area (Å²) in [5.74, 6) is -4.79. The maximum Gasteiger partial charge on any atom is 0.328 e. The van der Waals surface area contributed by atoms with Gasteiger partial charge in [0.2, 0.25) is 0 Å². The molecule has 0 aliphatic carbocycles. The third-order valence-electron chi connectivity index (χ3n) is 3.24. The summed E-state index contributed by atoms with van der Waals surface area (Å²) in [6.45, 7) is 0. The molecular formula is C9H7B3F2N2O5S. The lowest BCUT2D eigenvalue weighted by Crippen LogP contribution is -2.59. The number of nitrogens with one attached hydrogen (secondary N) is 1. The Morgan fingerprint density at radius 1 is 1.45 bits per heavy atom. The third kappa shape index (κ3) is 2.28. The molecule has 22 heavy (non-hydrogen) atoms. The summed E-state index contributed by atoms with van der Waals surface area (Å²) in [6, 6.07) is 0. The first-order valence-corrected chi connectivity index (χ1v) is 6.11. The van der Waals surface area contributed by atoms with E-state index in [1.165, 1.54) is 0 Å². The van der Waals surface area contributed by atoms with Gasteiger partial charge in [-0.2, -0.15) is 0 Å². The molecule has 1 aliphatic heterocycles. The second-order valence-electron chi connectivity index (χ2n) is 4.82. The van der Waals surface area contributed by atoms with Crippen molar-refractivity contribution in [3.8, 4) is 0 Å². The van der Waals surface area contributed by atoms with E-state index >= 15 is 0 Å². The summed E-state index contributed by atoms with van der Waals surface area (Å²) in [7, 11) is 15.4. The Bertz CT molecular complexity index is 724.